The largest absolute Gasteiger partial charge is 0.481 e. The van der Waals surface area contributed by atoms with Gasteiger partial charge in [0.25, 0.3) is 5.91 Å². The summed E-state index contributed by atoms with van der Waals surface area (Å²) in [5, 5.41) is 0. The number of aryl methyl sites for hydroxylation is 1. The minimum absolute atomic E-state index is 0.000389. The fraction of sp³-hybridized carbons (Fsp3) is 0.588. The lowest BCUT2D eigenvalue weighted by Crippen LogP contribution is -2.54. The van der Waals surface area contributed by atoms with Crippen LogP contribution in [-0.2, 0) is 4.79 Å². The van der Waals surface area contributed by atoms with Gasteiger partial charge in [-0.25, -0.2) is 0 Å². The number of rotatable bonds is 4. The molecule has 21 heavy (non-hydrogen) atoms. The summed E-state index contributed by atoms with van der Waals surface area (Å²) in [6.45, 7) is 6.59. The Morgan fingerprint density at radius 1 is 1.38 bits per heavy atom. The Kier molecular flexibility index (Phi) is 5.23. The molecule has 2 N–H and O–H groups in total. The zero-order chi connectivity index (χ0) is 15.4. The molecule has 4 nitrogen and oxygen atoms in total. The number of carbonyl (C=O) groups excluding carboxylic acids is 1. The molecule has 1 heterocycles. The molecule has 1 aliphatic heterocycles. The third kappa shape index (κ3) is 3.97. The second-order valence-electron chi connectivity index (χ2n) is 6.03. The number of benzene rings is 1. The smallest absolute Gasteiger partial charge is 0.263 e. The molecule has 0 radical (unpaired) electrons. The Bertz CT molecular complexity index is 487. The van der Waals surface area contributed by atoms with Gasteiger partial charge in [-0.05, 0) is 57.7 Å². The number of hydrogen-bond donors (Lipinski definition) is 1. The minimum atomic E-state index is -0.480. The first-order valence-corrected chi connectivity index (χ1v) is 7.78. The van der Waals surface area contributed by atoms with E-state index in [1.807, 2.05) is 49.9 Å². The summed E-state index contributed by atoms with van der Waals surface area (Å²) in [4.78, 5) is 14.6. The standard InChI is InChI=1S/C17H26N2O2/c1-12-7-6-8-15(11-12)21-14(3)17(20)19-10-5-4-9-16(19)13(2)18/h6-8,11,13-14,16H,4-5,9-10,18H2,1-3H3. The first kappa shape index (κ1) is 15.8. The van der Waals surface area contributed by atoms with Gasteiger partial charge in [0.2, 0.25) is 0 Å². The van der Waals surface area contributed by atoms with Crippen LogP contribution in [0, 0.1) is 6.92 Å². The van der Waals surface area contributed by atoms with Crippen LogP contribution in [0.3, 0.4) is 0 Å². The molecule has 1 aromatic rings. The van der Waals surface area contributed by atoms with Crippen LogP contribution in [0.4, 0.5) is 0 Å². The van der Waals surface area contributed by atoms with Crippen molar-refractivity contribution >= 4 is 5.91 Å². The van der Waals surface area contributed by atoms with E-state index in [0.29, 0.717) is 0 Å². The van der Waals surface area contributed by atoms with Gasteiger partial charge in [-0.15, -0.1) is 0 Å². The lowest BCUT2D eigenvalue weighted by molar-refractivity contribution is -0.142. The number of carbonyl (C=O) groups is 1. The number of hydrogen-bond acceptors (Lipinski definition) is 3. The van der Waals surface area contributed by atoms with Crippen molar-refractivity contribution in [1.29, 1.82) is 0 Å². The molecular formula is C17H26N2O2. The maximum atomic E-state index is 12.6. The second-order valence-corrected chi connectivity index (χ2v) is 6.03. The van der Waals surface area contributed by atoms with Gasteiger partial charge in [-0.1, -0.05) is 12.1 Å². The van der Waals surface area contributed by atoms with Crippen LogP contribution in [0.25, 0.3) is 0 Å². The van der Waals surface area contributed by atoms with E-state index in [1.165, 1.54) is 0 Å². The van der Waals surface area contributed by atoms with Crippen molar-refractivity contribution in [1.82, 2.24) is 4.90 Å². The number of nitrogens with two attached hydrogens (primary N) is 1. The molecule has 0 saturated carbocycles. The topological polar surface area (TPSA) is 55.6 Å². The summed E-state index contributed by atoms with van der Waals surface area (Å²) in [5.74, 6) is 0.781. The zero-order valence-corrected chi connectivity index (χ0v) is 13.2. The Morgan fingerprint density at radius 2 is 2.14 bits per heavy atom. The van der Waals surface area contributed by atoms with Crippen molar-refractivity contribution in [2.75, 3.05) is 6.54 Å². The van der Waals surface area contributed by atoms with Gasteiger partial charge in [-0.3, -0.25) is 4.79 Å². The molecule has 3 unspecified atom stereocenters. The maximum absolute atomic E-state index is 12.6. The summed E-state index contributed by atoms with van der Waals surface area (Å²) in [6.07, 6.45) is 2.70. The predicted octanol–water partition coefficient (Wildman–Crippen LogP) is 2.49. The van der Waals surface area contributed by atoms with E-state index in [4.69, 9.17) is 10.5 Å². The lowest BCUT2D eigenvalue weighted by atomic mass is 9.96. The maximum Gasteiger partial charge on any atom is 0.263 e. The number of amides is 1. The van der Waals surface area contributed by atoms with Crippen molar-refractivity contribution in [3.05, 3.63) is 29.8 Å². The Labute approximate surface area is 127 Å². The quantitative estimate of drug-likeness (QED) is 0.927. The van der Waals surface area contributed by atoms with E-state index in [1.54, 1.807) is 0 Å². The van der Waals surface area contributed by atoms with Crippen LogP contribution in [-0.4, -0.2) is 35.5 Å². The molecule has 116 valence electrons. The van der Waals surface area contributed by atoms with Crippen molar-refractivity contribution < 1.29 is 9.53 Å². The molecular weight excluding hydrogens is 264 g/mol. The zero-order valence-electron chi connectivity index (χ0n) is 13.2. The van der Waals surface area contributed by atoms with Crippen molar-refractivity contribution in [2.45, 2.75) is 58.2 Å². The molecule has 1 amide bonds. The average molecular weight is 290 g/mol. The lowest BCUT2D eigenvalue weighted by Gasteiger charge is -2.39. The summed E-state index contributed by atoms with van der Waals surface area (Å²) >= 11 is 0. The molecule has 3 atom stereocenters. The van der Waals surface area contributed by atoms with Crippen LogP contribution in [0.1, 0.15) is 38.7 Å². The summed E-state index contributed by atoms with van der Waals surface area (Å²) in [5.41, 5.74) is 7.16. The van der Waals surface area contributed by atoms with Gasteiger partial charge in [0, 0.05) is 18.6 Å². The third-order valence-corrected chi connectivity index (χ3v) is 4.09. The Hall–Kier alpha value is -1.55. The first-order chi connectivity index (χ1) is 9.99. The highest BCUT2D eigenvalue weighted by molar-refractivity contribution is 5.81. The van der Waals surface area contributed by atoms with E-state index in [0.717, 1.165) is 37.1 Å². The van der Waals surface area contributed by atoms with E-state index in [9.17, 15) is 4.79 Å². The van der Waals surface area contributed by atoms with Crippen LogP contribution < -0.4 is 10.5 Å². The molecule has 0 aromatic heterocycles. The van der Waals surface area contributed by atoms with Gasteiger partial charge in [0.05, 0.1) is 0 Å². The van der Waals surface area contributed by atoms with Gasteiger partial charge < -0.3 is 15.4 Å². The van der Waals surface area contributed by atoms with Crippen LogP contribution >= 0.6 is 0 Å². The first-order valence-electron chi connectivity index (χ1n) is 7.78. The third-order valence-electron chi connectivity index (χ3n) is 4.09. The highest BCUT2D eigenvalue weighted by Gasteiger charge is 2.32. The fourth-order valence-electron chi connectivity index (χ4n) is 2.95. The SMILES string of the molecule is Cc1cccc(OC(C)C(=O)N2CCCCC2C(C)N)c1. The Morgan fingerprint density at radius 3 is 2.81 bits per heavy atom. The highest BCUT2D eigenvalue weighted by Crippen LogP contribution is 2.21. The van der Waals surface area contributed by atoms with Crippen molar-refractivity contribution in [2.24, 2.45) is 5.73 Å². The number of likely N-dealkylation sites (tertiary alicyclic amines) is 1. The molecule has 1 aromatic carbocycles. The van der Waals surface area contributed by atoms with E-state index in [-0.39, 0.29) is 18.0 Å². The van der Waals surface area contributed by atoms with Crippen LogP contribution in [0.5, 0.6) is 5.75 Å². The van der Waals surface area contributed by atoms with Gasteiger partial charge in [0.15, 0.2) is 6.10 Å². The minimum Gasteiger partial charge on any atom is -0.481 e. The number of piperidine rings is 1. The van der Waals surface area contributed by atoms with Crippen molar-refractivity contribution in [3.63, 3.8) is 0 Å². The van der Waals surface area contributed by atoms with Gasteiger partial charge in [0.1, 0.15) is 5.75 Å². The normalized spacial score (nSPS) is 21.7. The molecule has 0 aliphatic carbocycles. The van der Waals surface area contributed by atoms with Crippen LogP contribution in [0.15, 0.2) is 24.3 Å². The van der Waals surface area contributed by atoms with Gasteiger partial charge >= 0.3 is 0 Å². The summed E-state index contributed by atoms with van der Waals surface area (Å²) < 4.78 is 5.81. The summed E-state index contributed by atoms with van der Waals surface area (Å²) in [7, 11) is 0. The number of ether oxygens (including phenoxy) is 1. The molecule has 2 rings (SSSR count). The molecule has 1 fully saturated rings. The fourth-order valence-corrected chi connectivity index (χ4v) is 2.95. The monoisotopic (exact) mass is 290 g/mol. The van der Waals surface area contributed by atoms with Crippen molar-refractivity contribution in [3.8, 4) is 5.75 Å². The second kappa shape index (κ2) is 6.94. The summed E-state index contributed by atoms with van der Waals surface area (Å²) in [6, 6.07) is 7.91. The predicted molar refractivity (Wildman–Crippen MR) is 84.3 cm³/mol. The van der Waals surface area contributed by atoms with Gasteiger partial charge in [-0.2, -0.15) is 0 Å². The Balaban J connectivity index is 2.03. The van der Waals surface area contributed by atoms with E-state index < -0.39 is 6.10 Å². The highest BCUT2D eigenvalue weighted by atomic mass is 16.5. The molecule has 1 aliphatic rings. The van der Waals surface area contributed by atoms with E-state index >= 15 is 0 Å². The molecule has 1 saturated heterocycles. The molecule has 0 bridgehead atoms. The average Bonchev–Trinajstić information content (AvgIpc) is 2.46. The molecule has 0 spiro atoms. The molecule has 4 heteroatoms. The van der Waals surface area contributed by atoms with Crippen LogP contribution in [0.2, 0.25) is 0 Å². The van der Waals surface area contributed by atoms with E-state index in [2.05, 4.69) is 0 Å². The number of nitrogens with zero attached hydrogens (tertiary/aromatic N) is 1.